The highest BCUT2D eigenvalue weighted by molar-refractivity contribution is 5.95. The van der Waals surface area contributed by atoms with Crippen LogP contribution >= 0.6 is 0 Å². The smallest absolute Gasteiger partial charge is 0.252 e. The minimum absolute atomic E-state index is 0. The Bertz CT molecular complexity index is 295. The van der Waals surface area contributed by atoms with Gasteiger partial charge in [-0.2, -0.15) is 0 Å². The van der Waals surface area contributed by atoms with Crippen LogP contribution in [0.5, 0.6) is 5.75 Å². The number of aromatic hydroxyl groups is 1. The summed E-state index contributed by atoms with van der Waals surface area (Å²) in [5.41, 5.74) is 6.06. The van der Waals surface area contributed by atoms with Gasteiger partial charge in [0.25, 0.3) is 5.91 Å². The average Bonchev–Trinajstić information content (AvgIpc) is 1.94. The molecule has 1 amide bonds. The molecule has 3 nitrogen and oxygen atoms in total. The van der Waals surface area contributed by atoms with Crippen molar-refractivity contribution < 1.29 is 9.90 Å². The van der Waals surface area contributed by atoms with E-state index in [2.05, 4.69) is 0 Å². The number of aryl methyl sites for hydroxylation is 1. The van der Waals surface area contributed by atoms with Gasteiger partial charge in [-0.25, -0.2) is 0 Å². The number of benzene rings is 1. The molecule has 0 bridgehead atoms. The van der Waals surface area contributed by atoms with E-state index >= 15 is 0 Å². The third-order valence-corrected chi connectivity index (χ3v) is 1.42. The van der Waals surface area contributed by atoms with E-state index in [0.29, 0.717) is 0 Å². The maximum atomic E-state index is 10.6. The third-order valence-electron chi connectivity index (χ3n) is 1.42. The molecule has 0 aliphatic rings. The molecule has 0 radical (unpaired) electrons. The Hall–Kier alpha value is -1.51. The Morgan fingerprint density at radius 3 is 2.50 bits per heavy atom. The van der Waals surface area contributed by atoms with Gasteiger partial charge < -0.3 is 10.8 Å². The number of carbonyl (C=O) groups is 1. The van der Waals surface area contributed by atoms with Crippen LogP contribution in [-0.4, -0.2) is 11.0 Å². The van der Waals surface area contributed by atoms with Crippen molar-refractivity contribution >= 4 is 5.91 Å². The minimum Gasteiger partial charge on any atom is -0.507 e. The van der Waals surface area contributed by atoms with Gasteiger partial charge in [0.15, 0.2) is 0 Å². The Labute approximate surface area is 71.8 Å². The second kappa shape index (κ2) is 3.76. The van der Waals surface area contributed by atoms with Crippen molar-refractivity contribution in [1.29, 1.82) is 0 Å². The molecule has 0 saturated carbocycles. The molecule has 12 heavy (non-hydrogen) atoms. The predicted octanol–water partition coefficient (Wildman–Crippen LogP) is 1.44. The summed E-state index contributed by atoms with van der Waals surface area (Å²) in [7, 11) is 0. The van der Waals surface area contributed by atoms with Gasteiger partial charge in [0.05, 0.1) is 5.56 Å². The lowest BCUT2D eigenvalue weighted by molar-refractivity contribution is 0.0997. The first kappa shape index (κ1) is 10.5. The third kappa shape index (κ3) is 1.99. The van der Waals surface area contributed by atoms with Crippen molar-refractivity contribution in [3.8, 4) is 5.75 Å². The number of carbonyl (C=O) groups excluding carboxylic acids is 1. The van der Waals surface area contributed by atoms with Gasteiger partial charge in [-0.3, -0.25) is 4.79 Å². The summed E-state index contributed by atoms with van der Waals surface area (Å²) in [6.07, 6.45) is 0. The summed E-state index contributed by atoms with van der Waals surface area (Å²) >= 11 is 0. The SMILES string of the molecule is C.Cc1ccc(O)c(C(N)=O)c1. The van der Waals surface area contributed by atoms with Crippen LogP contribution < -0.4 is 5.73 Å². The van der Waals surface area contributed by atoms with Crippen molar-refractivity contribution in [2.45, 2.75) is 14.4 Å². The van der Waals surface area contributed by atoms with Crippen molar-refractivity contribution in [3.63, 3.8) is 0 Å². The van der Waals surface area contributed by atoms with E-state index in [1.807, 2.05) is 6.92 Å². The molecule has 0 aromatic heterocycles. The van der Waals surface area contributed by atoms with E-state index in [0.717, 1.165) is 5.56 Å². The van der Waals surface area contributed by atoms with Crippen LogP contribution in [0.15, 0.2) is 18.2 Å². The number of amides is 1. The minimum atomic E-state index is -0.605. The summed E-state index contributed by atoms with van der Waals surface area (Å²) in [6, 6.07) is 4.72. The fraction of sp³-hybridized carbons (Fsp3) is 0.222. The quantitative estimate of drug-likeness (QED) is 0.664. The normalized spacial score (nSPS) is 8.75. The van der Waals surface area contributed by atoms with E-state index < -0.39 is 5.91 Å². The molecule has 3 N–H and O–H groups in total. The van der Waals surface area contributed by atoms with Gasteiger partial charge in [0.2, 0.25) is 0 Å². The molecule has 1 aromatic rings. The number of rotatable bonds is 1. The van der Waals surface area contributed by atoms with Crippen LogP contribution in [0.4, 0.5) is 0 Å². The van der Waals surface area contributed by atoms with E-state index in [1.165, 1.54) is 6.07 Å². The zero-order valence-corrected chi connectivity index (χ0v) is 6.16. The van der Waals surface area contributed by atoms with Crippen molar-refractivity contribution in [2.75, 3.05) is 0 Å². The molecule has 1 rings (SSSR count). The van der Waals surface area contributed by atoms with Gasteiger partial charge in [-0.1, -0.05) is 19.1 Å². The lowest BCUT2D eigenvalue weighted by atomic mass is 10.1. The molecule has 1 aromatic carbocycles. The van der Waals surface area contributed by atoms with Gasteiger partial charge in [0.1, 0.15) is 5.75 Å². The number of hydrogen-bond acceptors (Lipinski definition) is 2. The highest BCUT2D eigenvalue weighted by atomic mass is 16.3. The van der Waals surface area contributed by atoms with E-state index in [4.69, 9.17) is 10.8 Å². The van der Waals surface area contributed by atoms with Crippen LogP contribution in [0.2, 0.25) is 0 Å². The molecule has 0 saturated heterocycles. The highest BCUT2D eigenvalue weighted by Gasteiger charge is 2.05. The molecule has 3 heteroatoms. The first-order valence-corrected chi connectivity index (χ1v) is 3.20. The maximum Gasteiger partial charge on any atom is 0.252 e. The monoisotopic (exact) mass is 167 g/mol. The maximum absolute atomic E-state index is 10.6. The molecule has 0 spiro atoms. The number of hydrogen-bond donors (Lipinski definition) is 2. The first-order valence-electron chi connectivity index (χ1n) is 3.20. The first-order chi connectivity index (χ1) is 5.11. The second-order valence-electron chi connectivity index (χ2n) is 2.38. The highest BCUT2D eigenvalue weighted by Crippen LogP contribution is 2.16. The van der Waals surface area contributed by atoms with Crippen LogP contribution in [0.3, 0.4) is 0 Å². The van der Waals surface area contributed by atoms with Crippen molar-refractivity contribution in [3.05, 3.63) is 29.3 Å². The Balaban J connectivity index is 0.00000121. The molecule has 0 unspecified atom stereocenters. The van der Waals surface area contributed by atoms with Crippen molar-refractivity contribution in [1.82, 2.24) is 0 Å². The Kier molecular flexibility index (Phi) is 3.29. The second-order valence-corrected chi connectivity index (χ2v) is 2.38. The summed E-state index contributed by atoms with van der Waals surface area (Å²) in [6.45, 7) is 1.83. The van der Waals surface area contributed by atoms with Gasteiger partial charge in [-0.15, -0.1) is 0 Å². The van der Waals surface area contributed by atoms with Crippen LogP contribution in [0, 0.1) is 6.92 Å². The standard InChI is InChI=1S/C8H9NO2.CH4/c1-5-2-3-7(10)6(4-5)8(9)11;/h2-4,10H,1H3,(H2,9,11);1H4. The van der Waals surface area contributed by atoms with Gasteiger partial charge in [0, 0.05) is 0 Å². The summed E-state index contributed by atoms with van der Waals surface area (Å²) in [5.74, 6) is -0.672. The zero-order chi connectivity index (χ0) is 8.43. The van der Waals surface area contributed by atoms with Crippen LogP contribution in [-0.2, 0) is 0 Å². The Morgan fingerprint density at radius 1 is 1.50 bits per heavy atom. The molecule has 0 fully saturated rings. The fourth-order valence-corrected chi connectivity index (χ4v) is 0.847. The number of nitrogens with two attached hydrogens (primary N) is 1. The summed E-state index contributed by atoms with van der Waals surface area (Å²) in [4.78, 5) is 10.6. The van der Waals surface area contributed by atoms with Crippen LogP contribution in [0.1, 0.15) is 23.3 Å². The van der Waals surface area contributed by atoms with Crippen molar-refractivity contribution in [2.24, 2.45) is 5.73 Å². The number of primary amides is 1. The topological polar surface area (TPSA) is 63.3 Å². The van der Waals surface area contributed by atoms with Gasteiger partial charge >= 0.3 is 0 Å². The summed E-state index contributed by atoms with van der Waals surface area (Å²) < 4.78 is 0. The molecule has 0 atom stereocenters. The largest absolute Gasteiger partial charge is 0.507 e. The molecule has 66 valence electrons. The lowest BCUT2D eigenvalue weighted by Gasteiger charge is -1.99. The lowest BCUT2D eigenvalue weighted by Crippen LogP contribution is -2.11. The molecular formula is C9H13NO2. The predicted molar refractivity (Wildman–Crippen MR) is 48.1 cm³/mol. The molecule has 0 aliphatic heterocycles. The van der Waals surface area contributed by atoms with Gasteiger partial charge in [-0.05, 0) is 19.1 Å². The molecule has 0 heterocycles. The van der Waals surface area contributed by atoms with Crippen LogP contribution in [0.25, 0.3) is 0 Å². The molecular weight excluding hydrogens is 154 g/mol. The van der Waals surface area contributed by atoms with E-state index in [-0.39, 0.29) is 18.7 Å². The fourth-order valence-electron chi connectivity index (χ4n) is 0.847. The number of phenols is 1. The average molecular weight is 167 g/mol. The summed E-state index contributed by atoms with van der Waals surface area (Å²) in [5, 5.41) is 9.10. The van der Waals surface area contributed by atoms with E-state index in [1.54, 1.807) is 12.1 Å². The van der Waals surface area contributed by atoms with E-state index in [9.17, 15) is 4.79 Å². The molecule has 0 aliphatic carbocycles. The zero-order valence-electron chi connectivity index (χ0n) is 6.16. The Morgan fingerprint density at radius 2 is 2.08 bits per heavy atom.